The molecule has 0 bridgehead atoms. The van der Waals surface area contributed by atoms with Crippen molar-refractivity contribution in [2.45, 2.75) is 4.90 Å². The smallest absolute Gasteiger partial charge is 0.136 e. The molecule has 86 valence electrons. The van der Waals surface area contributed by atoms with Gasteiger partial charge in [-0.05, 0) is 29.8 Å². The van der Waals surface area contributed by atoms with Gasteiger partial charge in [0.2, 0.25) is 0 Å². The largest absolute Gasteiger partial charge is 0.390 e. The first-order valence-corrected chi connectivity index (χ1v) is 5.73. The van der Waals surface area contributed by atoms with Crippen molar-refractivity contribution in [1.82, 2.24) is 4.98 Å². The molecule has 5 heteroatoms. The van der Waals surface area contributed by atoms with Gasteiger partial charge in [-0.25, -0.2) is 9.98 Å². The van der Waals surface area contributed by atoms with Crippen LogP contribution in [0.3, 0.4) is 0 Å². The van der Waals surface area contributed by atoms with Crippen LogP contribution in [-0.4, -0.2) is 11.3 Å². The number of aliphatic imine (C=N–C) groups is 1. The van der Waals surface area contributed by atoms with Gasteiger partial charge in [0.1, 0.15) is 5.15 Å². The molecule has 0 fully saturated rings. The standard InChI is InChI=1S/C12H10ClN3S/c13-12-9(2-1-5-15-12)8-3-4-10(16-7-14)11(17)6-8/h1-7,17H,(H2,14,16). The highest BCUT2D eigenvalue weighted by molar-refractivity contribution is 7.80. The Morgan fingerprint density at radius 1 is 1.35 bits per heavy atom. The molecule has 0 aliphatic rings. The molecule has 0 spiro atoms. The summed E-state index contributed by atoms with van der Waals surface area (Å²) in [6, 6.07) is 9.37. The fourth-order valence-corrected chi connectivity index (χ4v) is 1.98. The zero-order valence-corrected chi connectivity index (χ0v) is 10.5. The molecular formula is C12H10ClN3S. The van der Waals surface area contributed by atoms with Crippen LogP contribution in [0.4, 0.5) is 5.69 Å². The SMILES string of the molecule is NC=Nc1ccc(-c2cccnc2Cl)cc1S. The van der Waals surface area contributed by atoms with Gasteiger partial charge in [0.25, 0.3) is 0 Å². The third kappa shape index (κ3) is 2.60. The second-order valence-electron chi connectivity index (χ2n) is 3.32. The van der Waals surface area contributed by atoms with Crippen molar-refractivity contribution in [2.24, 2.45) is 10.7 Å². The second-order valence-corrected chi connectivity index (χ2v) is 4.16. The van der Waals surface area contributed by atoms with Crippen LogP contribution in [0.1, 0.15) is 0 Å². The van der Waals surface area contributed by atoms with Crippen molar-refractivity contribution in [2.75, 3.05) is 0 Å². The van der Waals surface area contributed by atoms with Crippen molar-refractivity contribution in [3.63, 3.8) is 0 Å². The molecule has 1 aromatic carbocycles. The topological polar surface area (TPSA) is 51.3 Å². The highest BCUT2D eigenvalue weighted by atomic mass is 35.5. The molecule has 0 atom stereocenters. The van der Waals surface area contributed by atoms with Crippen molar-refractivity contribution in [3.05, 3.63) is 41.7 Å². The number of benzene rings is 1. The highest BCUT2D eigenvalue weighted by Crippen LogP contribution is 2.31. The fraction of sp³-hybridized carbons (Fsp3) is 0. The average molecular weight is 264 g/mol. The summed E-state index contributed by atoms with van der Waals surface area (Å²) in [6.07, 6.45) is 2.90. The lowest BCUT2D eigenvalue weighted by Crippen LogP contribution is -1.87. The van der Waals surface area contributed by atoms with Crippen molar-refractivity contribution in [1.29, 1.82) is 0 Å². The lowest BCUT2D eigenvalue weighted by atomic mass is 10.1. The van der Waals surface area contributed by atoms with Crippen LogP contribution in [0.2, 0.25) is 5.15 Å². The Kier molecular flexibility index (Phi) is 3.66. The number of thiol groups is 1. The van der Waals surface area contributed by atoms with Gasteiger partial charge in [-0.3, -0.25) is 0 Å². The average Bonchev–Trinajstić information content (AvgIpc) is 2.33. The molecule has 1 heterocycles. The summed E-state index contributed by atoms with van der Waals surface area (Å²) >= 11 is 10.4. The van der Waals surface area contributed by atoms with Gasteiger partial charge in [0.05, 0.1) is 12.0 Å². The van der Waals surface area contributed by atoms with Crippen molar-refractivity contribution >= 4 is 36.3 Å². The molecule has 0 amide bonds. The van der Waals surface area contributed by atoms with E-state index in [0.29, 0.717) is 5.15 Å². The van der Waals surface area contributed by atoms with E-state index in [9.17, 15) is 0 Å². The van der Waals surface area contributed by atoms with Gasteiger partial charge < -0.3 is 5.73 Å². The van der Waals surface area contributed by atoms with Crippen LogP contribution >= 0.6 is 24.2 Å². The number of aromatic nitrogens is 1. The lowest BCUT2D eigenvalue weighted by molar-refractivity contribution is 1.32. The molecule has 2 N–H and O–H groups in total. The highest BCUT2D eigenvalue weighted by Gasteiger charge is 2.05. The van der Waals surface area contributed by atoms with Crippen LogP contribution < -0.4 is 5.73 Å². The quantitative estimate of drug-likeness (QED) is 0.378. The Hall–Kier alpha value is -1.52. The third-order valence-corrected chi connectivity index (χ3v) is 2.92. The van der Waals surface area contributed by atoms with Crippen LogP contribution in [0, 0.1) is 0 Å². The summed E-state index contributed by atoms with van der Waals surface area (Å²) in [5.74, 6) is 0. The van der Waals surface area contributed by atoms with E-state index in [0.717, 1.165) is 21.7 Å². The molecule has 0 saturated heterocycles. The number of rotatable bonds is 2. The lowest BCUT2D eigenvalue weighted by Gasteiger charge is -2.05. The van der Waals surface area contributed by atoms with Crippen molar-refractivity contribution < 1.29 is 0 Å². The maximum Gasteiger partial charge on any atom is 0.136 e. The Balaban J connectivity index is 2.48. The Bertz CT molecular complexity index is 569. The minimum absolute atomic E-state index is 0.468. The fourth-order valence-electron chi connectivity index (χ4n) is 1.48. The van der Waals surface area contributed by atoms with Crippen LogP contribution in [0.5, 0.6) is 0 Å². The van der Waals surface area contributed by atoms with Gasteiger partial charge in [-0.1, -0.05) is 17.7 Å². The molecule has 0 saturated carbocycles. The molecule has 2 aromatic rings. The molecule has 0 aliphatic carbocycles. The van der Waals surface area contributed by atoms with E-state index in [1.165, 1.54) is 6.34 Å². The minimum atomic E-state index is 0.468. The number of pyridine rings is 1. The van der Waals surface area contributed by atoms with Crippen molar-refractivity contribution in [3.8, 4) is 11.1 Å². The van der Waals surface area contributed by atoms with E-state index in [-0.39, 0.29) is 0 Å². The Morgan fingerprint density at radius 2 is 2.18 bits per heavy atom. The first-order chi connectivity index (χ1) is 8.22. The number of nitrogens with two attached hydrogens (primary N) is 1. The summed E-state index contributed by atoms with van der Waals surface area (Å²) < 4.78 is 0. The molecule has 0 radical (unpaired) electrons. The first kappa shape index (κ1) is 12.0. The molecule has 0 aliphatic heterocycles. The normalized spacial score (nSPS) is 10.9. The molecule has 3 nitrogen and oxygen atoms in total. The Morgan fingerprint density at radius 3 is 2.82 bits per heavy atom. The number of nitrogens with zero attached hydrogens (tertiary/aromatic N) is 2. The minimum Gasteiger partial charge on any atom is -0.390 e. The summed E-state index contributed by atoms with van der Waals surface area (Å²) in [4.78, 5) is 8.77. The van der Waals surface area contributed by atoms with Crippen LogP contribution in [0.25, 0.3) is 11.1 Å². The predicted octanol–water partition coefficient (Wildman–Crippen LogP) is 3.31. The third-order valence-electron chi connectivity index (χ3n) is 2.26. The zero-order valence-electron chi connectivity index (χ0n) is 8.84. The maximum absolute atomic E-state index is 6.03. The predicted molar refractivity (Wildman–Crippen MR) is 74.3 cm³/mol. The van der Waals surface area contributed by atoms with E-state index >= 15 is 0 Å². The zero-order chi connectivity index (χ0) is 12.3. The molecule has 0 unspecified atom stereocenters. The van der Waals surface area contributed by atoms with Gasteiger partial charge in [-0.15, -0.1) is 12.6 Å². The monoisotopic (exact) mass is 263 g/mol. The number of halogens is 1. The van der Waals surface area contributed by atoms with Gasteiger partial charge in [0.15, 0.2) is 0 Å². The first-order valence-electron chi connectivity index (χ1n) is 4.90. The summed E-state index contributed by atoms with van der Waals surface area (Å²) in [5.41, 5.74) is 7.78. The van der Waals surface area contributed by atoms with Gasteiger partial charge in [-0.2, -0.15) is 0 Å². The second kappa shape index (κ2) is 5.21. The molecule has 1 aromatic heterocycles. The van der Waals surface area contributed by atoms with E-state index in [1.807, 2.05) is 30.3 Å². The summed E-state index contributed by atoms with van der Waals surface area (Å²) in [5, 5.41) is 0.468. The van der Waals surface area contributed by atoms with E-state index < -0.39 is 0 Å². The van der Waals surface area contributed by atoms with E-state index in [1.54, 1.807) is 6.20 Å². The summed E-state index contributed by atoms with van der Waals surface area (Å²) in [7, 11) is 0. The van der Waals surface area contributed by atoms with E-state index in [2.05, 4.69) is 22.6 Å². The number of hydrogen-bond acceptors (Lipinski definition) is 3. The number of hydrogen-bond donors (Lipinski definition) is 2. The van der Waals surface area contributed by atoms with Crippen LogP contribution in [0.15, 0.2) is 46.4 Å². The molecule has 17 heavy (non-hydrogen) atoms. The van der Waals surface area contributed by atoms with Crippen LogP contribution in [-0.2, 0) is 0 Å². The Labute approximate surface area is 110 Å². The summed E-state index contributed by atoms with van der Waals surface area (Å²) in [6.45, 7) is 0. The van der Waals surface area contributed by atoms with E-state index in [4.69, 9.17) is 17.3 Å². The molecular weight excluding hydrogens is 254 g/mol. The molecule has 2 rings (SSSR count). The maximum atomic E-state index is 6.03. The van der Waals surface area contributed by atoms with Gasteiger partial charge >= 0.3 is 0 Å². The van der Waals surface area contributed by atoms with Gasteiger partial charge in [0, 0.05) is 16.7 Å².